The molecule has 0 atom stereocenters. The summed E-state index contributed by atoms with van der Waals surface area (Å²) < 4.78 is 0. The number of carbonyl (C=O) groups excluding carboxylic acids is 1. The van der Waals surface area contributed by atoms with Gasteiger partial charge in [0, 0.05) is 12.0 Å². The largest absolute Gasteiger partial charge is 0.508 e. The molecular weight excluding hydrogens is 180 g/mol. The predicted octanol–water partition coefficient (Wildman–Crippen LogP) is 0.570. The van der Waals surface area contributed by atoms with Gasteiger partial charge in [0.15, 0.2) is 0 Å². The summed E-state index contributed by atoms with van der Waals surface area (Å²) in [5.74, 6) is 5.43. The number of hydrogen-bond acceptors (Lipinski definition) is 4. The Bertz CT molecular complexity index is 424. The van der Waals surface area contributed by atoms with Crippen LogP contribution in [0.25, 0.3) is 0 Å². The molecule has 0 fully saturated rings. The second-order valence-corrected chi connectivity index (χ2v) is 3.31. The molecule has 0 bridgehead atoms. The van der Waals surface area contributed by atoms with Crippen molar-refractivity contribution in [2.75, 3.05) is 0 Å². The number of hydrazone groups is 1. The Balaban J connectivity index is 2.57. The minimum atomic E-state index is 0.0762. The van der Waals surface area contributed by atoms with Gasteiger partial charge in [-0.1, -0.05) is 0 Å². The molecule has 0 aliphatic heterocycles. The topological polar surface area (TPSA) is 75.7 Å². The van der Waals surface area contributed by atoms with E-state index < -0.39 is 0 Å². The molecule has 4 nitrogen and oxygen atoms in total. The number of carbonyl (C=O) groups is 1. The monoisotopic (exact) mass is 190 g/mol. The first-order chi connectivity index (χ1) is 6.70. The number of nitrogens with two attached hydrogens (primary N) is 1. The van der Waals surface area contributed by atoms with E-state index in [1.54, 1.807) is 18.2 Å². The average Bonchev–Trinajstić information content (AvgIpc) is 2.15. The highest BCUT2D eigenvalue weighted by Gasteiger charge is 2.21. The molecular formula is C10H10N2O2. The highest BCUT2D eigenvalue weighted by Crippen LogP contribution is 2.23. The van der Waals surface area contributed by atoms with Gasteiger partial charge in [0.05, 0.1) is 12.1 Å². The summed E-state index contributed by atoms with van der Waals surface area (Å²) in [6, 6.07) is 4.89. The minimum absolute atomic E-state index is 0.0762. The number of fused-ring (bicyclic) bond motifs is 1. The number of benzene rings is 1. The second kappa shape index (κ2) is 3.14. The number of rotatable bonds is 0. The van der Waals surface area contributed by atoms with Crippen LogP contribution in [0.3, 0.4) is 0 Å². The quantitative estimate of drug-likeness (QED) is 0.464. The first-order valence-corrected chi connectivity index (χ1v) is 4.31. The van der Waals surface area contributed by atoms with Crippen molar-refractivity contribution in [1.82, 2.24) is 0 Å². The summed E-state index contributed by atoms with van der Waals surface area (Å²) in [5.41, 5.74) is 2.26. The molecule has 0 radical (unpaired) electrons. The van der Waals surface area contributed by atoms with E-state index in [9.17, 15) is 9.90 Å². The van der Waals surface area contributed by atoms with Crippen molar-refractivity contribution in [1.29, 1.82) is 0 Å². The molecule has 1 aromatic carbocycles. The van der Waals surface area contributed by atoms with E-state index in [1.807, 2.05) is 0 Å². The Morgan fingerprint density at radius 3 is 2.86 bits per heavy atom. The van der Waals surface area contributed by atoms with Crippen LogP contribution in [0.5, 0.6) is 5.75 Å². The van der Waals surface area contributed by atoms with Gasteiger partial charge in [-0.15, -0.1) is 0 Å². The van der Waals surface area contributed by atoms with Gasteiger partial charge in [-0.2, -0.15) is 5.10 Å². The molecule has 14 heavy (non-hydrogen) atoms. The third kappa shape index (κ3) is 1.35. The third-order valence-electron chi connectivity index (χ3n) is 2.31. The predicted molar refractivity (Wildman–Crippen MR) is 52.2 cm³/mol. The van der Waals surface area contributed by atoms with Crippen molar-refractivity contribution < 1.29 is 9.90 Å². The van der Waals surface area contributed by atoms with E-state index in [1.165, 1.54) is 0 Å². The van der Waals surface area contributed by atoms with E-state index in [4.69, 9.17) is 5.84 Å². The number of Topliss-reactive ketones (excluding diaryl/α,β-unsaturated/α-hetero) is 1. The Labute approximate surface area is 81.0 Å². The Morgan fingerprint density at radius 2 is 2.14 bits per heavy atom. The molecule has 72 valence electrons. The van der Waals surface area contributed by atoms with Crippen molar-refractivity contribution >= 4 is 11.5 Å². The Morgan fingerprint density at radius 1 is 1.36 bits per heavy atom. The summed E-state index contributed by atoms with van der Waals surface area (Å²) in [4.78, 5) is 11.3. The van der Waals surface area contributed by atoms with Crippen LogP contribution in [0.4, 0.5) is 0 Å². The molecule has 1 aliphatic rings. The number of phenolic OH excluding ortho intramolecular Hbond substituents is 1. The lowest BCUT2D eigenvalue weighted by molar-refractivity contribution is -0.117. The SMILES string of the molecule is NN=C1CC(=O)Cc2cc(O)ccc21. The molecule has 0 heterocycles. The number of phenols is 1. The minimum Gasteiger partial charge on any atom is -0.508 e. The van der Waals surface area contributed by atoms with Crippen LogP contribution < -0.4 is 5.84 Å². The highest BCUT2D eigenvalue weighted by atomic mass is 16.3. The first kappa shape index (κ1) is 8.74. The maximum atomic E-state index is 11.3. The molecule has 1 aliphatic carbocycles. The normalized spacial score (nSPS) is 18.3. The maximum absolute atomic E-state index is 11.3. The van der Waals surface area contributed by atoms with Crippen LogP contribution >= 0.6 is 0 Å². The fourth-order valence-corrected chi connectivity index (χ4v) is 1.68. The van der Waals surface area contributed by atoms with Gasteiger partial charge >= 0.3 is 0 Å². The van der Waals surface area contributed by atoms with Gasteiger partial charge in [0.25, 0.3) is 0 Å². The molecule has 0 unspecified atom stereocenters. The smallest absolute Gasteiger partial charge is 0.143 e. The molecule has 4 heteroatoms. The molecule has 0 saturated heterocycles. The number of aromatic hydroxyl groups is 1. The lowest BCUT2D eigenvalue weighted by Crippen LogP contribution is -2.21. The van der Waals surface area contributed by atoms with Crippen molar-refractivity contribution in [3.8, 4) is 5.75 Å². The van der Waals surface area contributed by atoms with Gasteiger partial charge in [-0.05, 0) is 23.8 Å². The molecule has 0 amide bonds. The Hall–Kier alpha value is -1.84. The first-order valence-electron chi connectivity index (χ1n) is 4.31. The fourth-order valence-electron chi connectivity index (χ4n) is 1.68. The van der Waals surface area contributed by atoms with Crippen molar-refractivity contribution in [3.63, 3.8) is 0 Å². The van der Waals surface area contributed by atoms with Crippen LogP contribution in [0.15, 0.2) is 23.3 Å². The average molecular weight is 190 g/mol. The Kier molecular flexibility index (Phi) is 1.96. The molecule has 3 N–H and O–H groups in total. The zero-order valence-electron chi connectivity index (χ0n) is 7.53. The summed E-state index contributed by atoms with van der Waals surface area (Å²) in [7, 11) is 0. The number of nitrogens with zero attached hydrogens (tertiary/aromatic N) is 1. The standard InChI is InChI=1S/C10H10N2O2/c11-12-10-5-8(14)4-6-3-7(13)1-2-9(6)10/h1-3,13H,4-5,11H2. The van der Waals surface area contributed by atoms with Gasteiger partial charge in [-0.25, -0.2) is 0 Å². The third-order valence-corrected chi connectivity index (χ3v) is 2.31. The van der Waals surface area contributed by atoms with E-state index in [-0.39, 0.29) is 18.0 Å². The van der Waals surface area contributed by atoms with Crippen molar-refractivity contribution in [2.45, 2.75) is 12.8 Å². The van der Waals surface area contributed by atoms with Crippen LogP contribution in [0, 0.1) is 0 Å². The van der Waals surface area contributed by atoms with Crippen LogP contribution in [-0.4, -0.2) is 16.6 Å². The van der Waals surface area contributed by atoms with Gasteiger partial charge < -0.3 is 10.9 Å². The summed E-state index contributed by atoms with van der Waals surface area (Å²) in [5, 5.41) is 12.8. The van der Waals surface area contributed by atoms with Gasteiger partial charge in [0.2, 0.25) is 0 Å². The molecule has 0 aromatic heterocycles. The summed E-state index contributed by atoms with van der Waals surface area (Å²) in [6.07, 6.45) is 0.636. The van der Waals surface area contributed by atoms with E-state index in [0.29, 0.717) is 12.1 Å². The van der Waals surface area contributed by atoms with Crippen LogP contribution in [0.1, 0.15) is 17.5 Å². The molecule has 0 saturated carbocycles. The van der Waals surface area contributed by atoms with E-state index >= 15 is 0 Å². The van der Waals surface area contributed by atoms with Crippen molar-refractivity contribution in [2.24, 2.45) is 10.9 Å². The van der Waals surface area contributed by atoms with Gasteiger partial charge in [-0.3, -0.25) is 4.79 Å². The summed E-state index contributed by atoms with van der Waals surface area (Å²) in [6.45, 7) is 0. The molecule has 2 rings (SSSR count). The lowest BCUT2D eigenvalue weighted by Gasteiger charge is -2.16. The number of hydrogen-bond donors (Lipinski definition) is 2. The summed E-state index contributed by atoms with van der Waals surface area (Å²) >= 11 is 0. The zero-order chi connectivity index (χ0) is 10.1. The van der Waals surface area contributed by atoms with E-state index in [2.05, 4.69) is 5.10 Å². The highest BCUT2D eigenvalue weighted by molar-refractivity contribution is 6.15. The van der Waals surface area contributed by atoms with Crippen LogP contribution in [0.2, 0.25) is 0 Å². The molecule has 0 spiro atoms. The molecule has 1 aromatic rings. The lowest BCUT2D eigenvalue weighted by atomic mass is 9.89. The fraction of sp³-hybridized carbons (Fsp3) is 0.200. The second-order valence-electron chi connectivity index (χ2n) is 3.31. The number of ketones is 1. The van der Waals surface area contributed by atoms with Crippen molar-refractivity contribution in [3.05, 3.63) is 29.3 Å². The van der Waals surface area contributed by atoms with Crippen LogP contribution in [-0.2, 0) is 11.2 Å². The zero-order valence-corrected chi connectivity index (χ0v) is 7.53. The van der Waals surface area contributed by atoms with Gasteiger partial charge in [0.1, 0.15) is 11.5 Å². The maximum Gasteiger partial charge on any atom is 0.143 e. The van der Waals surface area contributed by atoms with E-state index in [0.717, 1.165) is 11.1 Å².